The van der Waals surface area contributed by atoms with Crippen molar-refractivity contribution in [2.75, 3.05) is 4.72 Å². The molecule has 0 radical (unpaired) electrons. The van der Waals surface area contributed by atoms with Crippen molar-refractivity contribution in [2.45, 2.75) is 4.90 Å². The summed E-state index contributed by atoms with van der Waals surface area (Å²) >= 11 is 5.79. The number of nitriles is 1. The van der Waals surface area contributed by atoms with Gasteiger partial charge in [-0.1, -0.05) is 23.7 Å². The smallest absolute Gasteiger partial charge is 0.261 e. The van der Waals surface area contributed by atoms with Gasteiger partial charge < -0.3 is 0 Å². The molecule has 19 heavy (non-hydrogen) atoms. The molecule has 2 aromatic carbocycles. The van der Waals surface area contributed by atoms with E-state index in [2.05, 4.69) is 4.72 Å². The van der Waals surface area contributed by atoms with Gasteiger partial charge in [-0.2, -0.15) is 5.26 Å². The second-order valence-corrected chi connectivity index (χ2v) is 5.87. The van der Waals surface area contributed by atoms with E-state index < -0.39 is 10.0 Å². The molecule has 96 valence electrons. The zero-order valence-electron chi connectivity index (χ0n) is 9.67. The number of anilines is 1. The molecule has 4 nitrogen and oxygen atoms in total. The number of hydrogen-bond donors (Lipinski definition) is 1. The highest BCUT2D eigenvalue weighted by molar-refractivity contribution is 7.92. The quantitative estimate of drug-likeness (QED) is 0.945. The third-order valence-corrected chi connectivity index (χ3v) is 3.96. The van der Waals surface area contributed by atoms with Crippen molar-refractivity contribution in [3.05, 3.63) is 59.1 Å². The van der Waals surface area contributed by atoms with E-state index in [-0.39, 0.29) is 10.5 Å². The second-order valence-electron chi connectivity index (χ2n) is 3.76. The van der Waals surface area contributed by atoms with Gasteiger partial charge in [0.1, 0.15) is 0 Å². The van der Waals surface area contributed by atoms with Crippen LogP contribution in [0.5, 0.6) is 0 Å². The normalized spacial score (nSPS) is 10.7. The molecule has 6 heteroatoms. The molecule has 0 fully saturated rings. The molecule has 1 N–H and O–H groups in total. The zero-order chi connectivity index (χ0) is 13.9. The molecule has 0 unspecified atom stereocenters. The predicted molar refractivity (Wildman–Crippen MR) is 73.4 cm³/mol. The van der Waals surface area contributed by atoms with Gasteiger partial charge in [0.2, 0.25) is 0 Å². The number of sulfonamides is 1. The third-order valence-electron chi connectivity index (χ3n) is 2.35. The third kappa shape index (κ3) is 3.25. The van der Waals surface area contributed by atoms with Crippen molar-refractivity contribution in [1.82, 2.24) is 0 Å². The largest absolute Gasteiger partial charge is 0.280 e. The first-order chi connectivity index (χ1) is 9.01. The van der Waals surface area contributed by atoms with Crippen LogP contribution in [-0.4, -0.2) is 8.42 Å². The average Bonchev–Trinajstić information content (AvgIpc) is 2.38. The van der Waals surface area contributed by atoms with E-state index in [1.54, 1.807) is 24.3 Å². The summed E-state index contributed by atoms with van der Waals surface area (Å²) in [6.07, 6.45) is 0. The van der Waals surface area contributed by atoms with Crippen LogP contribution in [0.15, 0.2) is 53.4 Å². The summed E-state index contributed by atoms with van der Waals surface area (Å²) < 4.78 is 26.6. The van der Waals surface area contributed by atoms with Crippen LogP contribution in [0.1, 0.15) is 5.56 Å². The molecule has 2 rings (SSSR count). The first kappa shape index (κ1) is 13.4. The maximum atomic E-state index is 12.1. The zero-order valence-corrected chi connectivity index (χ0v) is 11.2. The Morgan fingerprint density at radius 2 is 1.84 bits per heavy atom. The lowest BCUT2D eigenvalue weighted by Gasteiger charge is -2.08. The van der Waals surface area contributed by atoms with Gasteiger partial charge in [-0.25, -0.2) is 8.42 Å². The number of halogens is 1. The van der Waals surface area contributed by atoms with E-state index in [1.165, 1.54) is 24.3 Å². The van der Waals surface area contributed by atoms with Gasteiger partial charge in [0.25, 0.3) is 10.0 Å². The maximum Gasteiger partial charge on any atom is 0.261 e. The first-order valence-corrected chi connectivity index (χ1v) is 7.16. The Labute approximate surface area is 116 Å². The minimum absolute atomic E-state index is 0.0338. The Kier molecular flexibility index (Phi) is 3.74. The number of benzene rings is 2. The van der Waals surface area contributed by atoms with E-state index in [9.17, 15) is 8.42 Å². The minimum atomic E-state index is -3.72. The summed E-state index contributed by atoms with van der Waals surface area (Å²) in [5, 5.41) is 9.21. The summed E-state index contributed by atoms with van der Waals surface area (Å²) in [4.78, 5) is 0.0338. The summed E-state index contributed by atoms with van der Waals surface area (Å²) in [6, 6.07) is 14.1. The molecule has 0 aliphatic rings. The van der Waals surface area contributed by atoms with Crippen LogP contribution in [0.25, 0.3) is 0 Å². The summed E-state index contributed by atoms with van der Waals surface area (Å²) in [5.74, 6) is 0. The average molecular weight is 293 g/mol. The van der Waals surface area contributed by atoms with Gasteiger partial charge in [-0.05, 0) is 36.4 Å². The molecular formula is C13H9ClN2O2S. The lowest BCUT2D eigenvalue weighted by molar-refractivity contribution is 0.601. The predicted octanol–water partition coefficient (Wildman–Crippen LogP) is 3.01. The molecule has 0 aliphatic carbocycles. The number of rotatable bonds is 3. The Morgan fingerprint density at radius 1 is 1.11 bits per heavy atom. The summed E-state index contributed by atoms with van der Waals surface area (Å²) in [6.45, 7) is 0. The fraction of sp³-hybridized carbons (Fsp3) is 0. The van der Waals surface area contributed by atoms with Crippen LogP contribution < -0.4 is 4.72 Å². The van der Waals surface area contributed by atoms with Crippen LogP contribution in [0, 0.1) is 11.3 Å². The number of nitrogens with zero attached hydrogens (tertiary/aromatic N) is 1. The molecule has 0 bridgehead atoms. The van der Waals surface area contributed by atoms with Crippen molar-refractivity contribution in [3.63, 3.8) is 0 Å². The Hall–Kier alpha value is -2.03. The van der Waals surface area contributed by atoms with Gasteiger partial charge in [-0.3, -0.25) is 4.72 Å². The lowest BCUT2D eigenvalue weighted by Crippen LogP contribution is -2.12. The summed E-state index contributed by atoms with van der Waals surface area (Å²) in [5.41, 5.74) is 0.656. The standard InChI is InChI=1S/C13H9ClN2O2S/c14-11-4-2-5-12(8-11)16-19(17,18)13-6-1-3-10(7-13)9-15/h1-8,16H. The fourth-order valence-electron chi connectivity index (χ4n) is 1.50. The molecule has 0 aromatic heterocycles. The topological polar surface area (TPSA) is 70.0 Å². The van der Waals surface area contributed by atoms with E-state index in [0.717, 1.165) is 0 Å². The molecule has 0 aliphatic heterocycles. The maximum absolute atomic E-state index is 12.1. The molecule has 0 atom stereocenters. The van der Waals surface area contributed by atoms with Crippen molar-refractivity contribution in [3.8, 4) is 6.07 Å². The highest BCUT2D eigenvalue weighted by Gasteiger charge is 2.14. The Morgan fingerprint density at radius 3 is 2.53 bits per heavy atom. The molecule has 0 amide bonds. The second kappa shape index (κ2) is 5.31. The van der Waals surface area contributed by atoms with E-state index in [1.807, 2.05) is 6.07 Å². The van der Waals surface area contributed by atoms with Crippen molar-refractivity contribution < 1.29 is 8.42 Å². The molecule has 0 saturated heterocycles. The Bertz CT molecular complexity index is 751. The monoisotopic (exact) mass is 292 g/mol. The van der Waals surface area contributed by atoms with Gasteiger partial charge >= 0.3 is 0 Å². The van der Waals surface area contributed by atoms with Crippen LogP contribution in [0.4, 0.5) is 5.69 Å². The molecule has 0 spiro atoms. The highest BCUT2D eigenvalue weighted by Crippen LogP contribution is 2.19. The van der Waals surface area contributed by atoms with Crippen LogP contribution in [0.2, 0.25) is 5.02 Å². The molecule has 0 heterocycles. The SMILES string of the molecule is N#Cc1cccc(S(=O)(=O)Nc2cccc(Cl)c2)c1. The van der Waals surface area contributed by atoms with Crippen LogP contribution >= 0.6 is 11.6 Å². The van der Waals surface area contributed by atoms with E-state index >= 15 is 0 Å². The van der Waals surface area contributed by atoms with Crippen LogP contribution in [0.3, 0.4) is 0 Å². The number of hydrogen-bond acceptors (Lipinski definition) is 3. The first-order valence-electron chi connectivity index (χ1n) is 5.30. The Balaban J connectivity index is 2.35. The number of nitrogens with one attached hydrogen (secondary N) is 1. The minimum Gasteiger partial charge on any atom is -0.280 e. The molecule has 0 saturated carbocycles. The van der Waals surface area contributed by atoms with E-state index in [4.69, 9.17) is 16.9 Å². The molecular weight excluding hydrogens is 284 g/mol. The van der Waals surface area contributed by atoms with Crippen molar-refractivity contribution >= 4 is 27.3 Å². The van der Waals surface area contributed by atoms with Gasteiger partial charge in [-0.15, -0.1) is 0 Å². The van der Waals surface area contributed by atoms with Gasteiger partial charge in [0.15, 0.2) is 0 Å². The fourth-order valence-corrected chi connectivity index (χ4v) is 2.78. The van der Waals surface area contributed by atoms with Gasteiger partial charge in [0, 0.05) is 5.02 Å². The van der Waals surface area contributed by atoms with Crippen LogP contribution in [-0.2, 0) is 10.0 Å². The van der Waals surface area contributed by atoms with E-state index in [0.29, 0.717) is 10.7 Å². The molecule has 2 aromatic rings. The highest BCUT2D eigenvalue weighted by atomic mass is 35.5. The van der Waals surface area contributed by atoms with Crippen molar-refractivity contribution in [1.29, 1.82) is 5.26 Å². The van der Waals surface area contributed by atoms with Crippen molar-refractivity contribution in [2.24, 2.45) is 0 Å². The summed E-state index contributed by atoms with van der Waals surface area (Å²) in [7, 11) is -3.72. The van der Waals surface area contributed by atoms with Gasteiger partial charge in [0.05, 0.1) is 22.2 Å². The lowest BCUT2D eigenvalue weighted by atomic mass is 10.2.